The van der Waals surface area contributed by atoms with Gasteiger partial charge in [0.1, 0.15) is 5.75 Å². The lowest BCUT2D eigenvalue weighted by atomic mass is 10.2. The number of aromatic nitrogens is 2. The van der Waals surface area contributed by atoms with Crippen LogP contribution >= 0.6 is 0 Å². The maximum Gasteiger partial charge on any atom is 0.322 e. The Kier molecular flexibility index (Phi) is 4.88. The number of hydrogen-bond acceptors (Lipinski definition) is 7. The van der Waals surface area contributed by atoms with Crippen LogP contribution in [0.4, 0.5) is 11.7 Å². The first-order valence-electron chi connectivity index (χ1n) is 7.69. The predicted octanol–water partition coefficient (Wildman–Crippen LogP) is 3.30. The van der Waals surface area contributed by atoms with E-state index in [0.717, 1.165) is 5.75 Å². The van der Waals surface area contributed by atoms with E-state index in [4.69, 9.17) is 9.15 Å². The van der Waals surface area contributed by atoms with Gasteiger partial charge < -0.3 is 9.15 Å². The molecule has 0 aliphatic rings. The Balaban J connectivity index is 1.72. The van der Waals surface area contributed by atoms with Gasteiger partial charge in [0.05, 0.1) is 11.5 Å². The second kappa shape index (κ2) is 7.43. The Morgan fingerprint density at radius 2 is 2.00 bits per heavy atom. The van der Waals surface area contributed by atoms with E-state index >= 15 is 0 Å². The van der Waals surface area contributed by atoms with Crippen molar-refractivity contribution in [3.8, 4) is 17.2 Å². The Hall–Kier alpha value is -3.75. The van der Waals surface area contributed by atoms with Crippen LogP contribution in [0.1, 0.15) is 17.3 Å². The van der Waals surface area contributed by atoms with Crippen molar-refractivity contribution < 1.29 is 18.9 Å². The smallest absolute Gasteiger partial charge is 0.322 e. The van der Waals surface area contributed by atoms with Crippen molar-refractivity contribution >= 4 is 17.6 Å². The van der Waals surface area contributed by atoms with Crippen LogP contribution in [0, 0.1) is 10.1 Å². The van der Waals surface area contributed by atoms with Crippen LogP contribution in [-0.2, 0) is 0 Å². The molecule has 1 heterocycles. The third-order valence-corrected chi connectivity index (χ3v) is 3.38. The monoisotopic (exact) mass is 354 g/mol. The summed E-state index contributed by atoms with van der Waals surface area (Å²) in [4.78, 5) is 22.4. The lowest BCUT2D eigenvalue weighted by Gasteiger charge is -2.02. The highest BCUT2D eigenvalue weighted by molar-refractivity contribution is 6.03. The predicted molar refractivity (Wildman–Crippen MR) is 92.0 cm³/mol. The van der Waals surface area contributed by atoms with Crippen LogP contribution in [0.5, 0.6) is 5.75 Å². The number of anilines is 1. The van der Waals surface area contributed by atoms with Gasteiger partial charge in [-0.2, -0.15) is 0 Å². The number of carbonyl (C=O) groups is 1. The average Bonchev–Trinajstić information content (AvgIpc) is 3.11. The quantitative estimate of drug-likeness (QED) is 0.532. The first kappa shape index (κ1) is 17.1. The third-order valence-electron chi connectivity index (χ3n) is 3.38. The highest BCUT2D eigenvalue weighted by Crippen LogP contribution is 2.23. The number of nitro benzene ring substituents is 1. The summed E-state index contributed by atoms with van der Waals surface area (Å²) >= 11 is 0. The number of nitrogens with one attached hydrogen (secondary N) is 1. The highest BCUT2D eigenvalue weighted by Gasteiger charge is 2.15. The van der Waals surface area contributed by atoms with E-state index in [0.29, 0.717) is 12.2 Å². The molecule has 3 aromatic rings. The van der Waals surface area contributed by atoms with Crippen molar-refractivity contribution in [2.24, 2.45) is 0 Å². The lowest BCUT2D eigenvalue weighted by molar-refractivity contribution is -0.384. The number of nitrogens with zero attached hydrogens (tertiary/aromatic N) is 3. The number of ether oxygens (including phenoxy) is 1. The Labute approximate surface area is 147 Å². The van der Waals surface area contributed by atoms with Crippen molar-refractivity contribution in [3.05, 3.63) is 64.2 Å². The Bertz CT molecular complexity index is 936. The normalized spacial score (nSPS) is 10.3. The van der Waals surface area contributed by atoms with Gasteiger partial charge in [-0.3, -0.25) is 20.2 Å². The van der Waals surface area contributed by atoms with Crippen LogP contribution < -0.4 is 10.1 Å². The summed E-state index contributed by atoms with van der Waals surface area (Å²) in [5.74, 6) is 0.355. The second-order valence-corrected chi connectivity index (χ2v) is 5.13. The Morgan fingerprint density at radius 1 is 1.23 bits per heavy atom. The highest BCUT2D eigenvalue weighted by atomic mass is 16.6. The fraction of sp³-hybridized carbons (Fsp3) is 0.118. The van der Waals surface area contributed by atoms with Crippen LogP contribution in [-0.4, -0.2) is 27.6 Å². The van der Waals surface area contributed by atoms with E-state index in [1.54, 1.807) is 24.3 Å². The number of hydrogen-bond donors (Lipinski definition) is 1. The molecule has 1 amide bonds. The molecule has 2 aromatic carbocycles. The minimum Gasteiger partial charge on any atom is -0.494 e. The van der Waals surface area contributed by atoms with Crippen molar-refractivity contribution in [2.45, 2.75) is 6.92 Å². The van der Waals surface area contributed by atoms with Crippen LogP contribution in [0.3, 0.4) is 0 Å². The van der Waals surface area contributed by atoms with Gasteiger partial charge in [-0.05, 0) is 37.3 Å². The molecule has 0 radical (unpaired) electrons. The first-order valence-corrected chi connectivity index (χ1v) is 7.69. The summed E-state index contributed by atoms with van der Waals surface area (Å²) in [6, 6.07) is 12.3. The van der Waals surface area contributed by atoms with Gasteiger partial charge in [0.2, 0.25) is 5.89 Å². The van der Waals surface area contributed by atoms with Crippen molar-refractivity contribution in [1.82, 2.24) is 10.2 Å². The Morgan fingerprint density at radius 3 is 2.69 bits per heavy atom. The van der Waals surface area contributed by atoms with Crippen molar-refractivity contribution in [1.29, 1.82) is 0 Å². The van der Waals surface area contributed by atoms with E-state index in [-0.39, 0.29) is 23.2 Å². The lowest BCUT2D eigenvalue weighted by Crippen LogP contribution is -2.12. The molecule has 132 valence electrons. The second-order valence-electron chi connectivity index (χ2n) is 5.13. The SMILES string of the molecule is CCOc1ccc(-c2nnc(NC(=O)c3cccc([N+](=O)[O-])c3)o2)cc1. The van der Waals surface area contributed by atoms with Crippen LogP contribution in [0.2, 0.25) is 0 Å². The summed E-state index contributed by atoms with van der Waals surface area (Å²) < 4.78 is 10.8. The zero-order chi connectivity index (χ0) is 18.5. The topological polar surface area (TPSA) is 120 Å². The van der Waals surface area contributed by atoms with E-state index < -0.39 is 10.8 Å². The summed E-state index contributed by atoms with van der Waals surface area (Å²) in [7, 11) is 0. The van der Waals surface area contributed by atoms with Crippen LogP contribution in [0.15, 0.2) is 52.9 Å². The molecule has 0 spiro atoms. The van der Waals surface area contributed by atoms with Gasteiger partial charge in [-0.25, -0.2) is 0 Å². The number of non-ortho nitro benzene ring substituents is 1. The molecule has 0 unspecified atom stereocenters. The zero-order valence-corrected chi connectivity index (χ0v) is 13.7. The molecule has 26 heavy (non-hydrogen) atoms. The number of benzene rings is 2. The van der Waals surface area contributed by atoms with Gasteiger partial charge in [0, 0.05) is 23.3 Å². The molecule has 0 atom stereocenters. The number of amides is 1. The van der Waals surface area contributed by atoms with Gasteiger partial charge >= 0.3 is 6.01 Å². The molecule has 3 rings (SSSR count). The number of carbonyl (C=O) groups excluding carboxylic acids is 1. The van der Waals surface area contributed by atoms with E-state index in [1.807, 2.05) is 6.92 Å². The largest absolute Gasteiger partial charge is 0.494 e. The van der Waals surface area contributed by atoms with E-state index in [1.165, 1.54) is 24.3 Å². The molecule has 9 heteroatoms. The van der Waals surface area contributed by atoms with Gasteiger partial charge in [-0.1, -0.05) is 11.2 Å². The summed E-state index contributed by atoms with van der Waals surface area (Å²) in [6.45, 7) is 2.45. The molecular weight excluding hydrogens is 340 g/mol. The number of rotatable bonds is 6. The molecule has 0 aliphatic carbocycles. The minimum absolute atomic E-state index is 0.106. The molecule has 0 bridgehead atoms. The fourth-order valence-electron chi connectivity index (χ4n) is 2.18. The maximum absolute atomic E-state index is 12.2. The third kappa shape index (κ3) is 3.83. The molecular formula is C17H14N4O5. The van der Waals surface area contributed by atoms with E-state index in [2.05, 4.69) is 15.5 Å². The fourth-order valence-corrected chi connectivity index (χ4v) is 2.18. The maximum atomic E-state index is 12.2. The zero-order valence-electron chi connectivity index (χ0n) is 13.7. The van der Waals surface area contributed by atoms with Gasteiger partial charge in [-0.15, -0.1) is 5.10 Å². The minimum atomic E-state index is -0.587. The molecule has 1 aromatic heterocycles. The standard InChI is InChI=1S/C17H14N4O5/c1-2-25-14-8-6-11(7-9-14)16-19-20-17(26-16)18-15(22)12-4-3-5-13(10-12)21(23)24/h3-10H,2H2,1H3,(H,18,20,22). The van der Waals surface area contributed by atoms with Crippen LogP contribution in [0.25, 0.3) is 11.5 Å². The summed E-state index contributed by atoms with van der Waals surface area (Å²) in [5, 5.41) is 20.8. The summed E-state index contributed by atoms with van der Waals surface area (Å²) in [6.07, 6.45) is 0. The molecule has 0 fully saturated rings. The van der Waals surface area contributed by atoms with Crippen molar-refractivity contribution in [2.75, 3.05) is 11.9 Å². The molecule has 0 saturated carbocycles. The molecule has 1 N–H and O–H groups in total. The summed E-state index contributed by atoms with van der Waals surface area (Å²) in [5.41, 5.74) is 0.593. The molecule has 0 saturated heterocycles. The molecule has 9 nitrogen and oxygen atoms in total. The van der Waals surface area contributed by atoms with Gasteiger partial charge in [0.25, 0.3) is 11.6 Å². The number of nitro groups is 1. The van der Waals surface area contributed by atoms with Gasteiger partial charge in [0.15, 0.2) is 0 Å². The van der Waals surface area contributed by atoms with Crippen molar-refractivity contribution in [3.63, 3.8) is 0 Å². The molecule has 0 aliphatic heterocycles. The first-order chi connectivity index (χ1) is 12.6. The van der Waals surface area contributed by atoms with E-state index in [9.17, 15) is 14.9 Å². The average molecular weight is 354 g/mol.